The molecule has 4 rings (SSSR count). The summed E-state index contributed by atoms with van der Waals surface area (Å²) in [6.07, 6.45) is 6.07. The zero-order valence-corrected chi connectivity index (χ0v) is 20.9. The number of anilines is 1. The molecule has 8 nitrogen and oxygen atoms in total. The molecule has 3 aromatic rings. The van der Waals surface area contributed by atoms with Gasteiger partial charge in [-0.05, 0) is 88.5 Å². The van der Waals surface area contributed by atoms with Crippen molar-refractivity contribution in [3.05, 3.63) is 91.2 Å². The van der Waals surface area contributed by atoms with Crippen LogP contribution in [0.15, 0.2) is 58.2 Å². The van der Waals surface area contributed by atoms with Crippen LogP contribution in [0.5, 0.6) is 0 Å². The number of nitrogens with one attached hydrogen (secondary N) is 1. The topological polar surface area (TPSA) is 119 Å². The number of carbonyl (C=O) groups excluding carboxylic acids is 1. The van der Waals surface area contributed by atoms with Gasteiger partial charge in [-0.2, -0.15) is 0 Å². The average molecular weight is 544 g/mol. The van der Waals surface area contributed by atoms with Crippen molar-refractivity contribution in [1.29, 1.82) is 0 Å². The number of amides is 1. The van der Waals surface area contributed by atoms with Gasteiger partial charge in [0, 0.05) is 24.7 Å². The zero-order chi connectivity index (χ0) is 24.6. The third kappa shape index (κ3) is 5.02. The maximum Gasteiger partial charge on any atom is 0.283 e. The zero-order valence-electron chi connectivity index (χ0n) is 18.5. The van der Waals surface area contributed by atoms with Crippen molar-refractivity contribution in [2.24, 2.45) is 0 Å². The molecule has 0 radical (unpaired) electrons. The minimum Gasteiger partial charge on any atom is -0.320 e. The van der Waals surface area contributed by atoms with Gasteiger partial charge in [-0.1, -0.05) is 12.1 Å². The molecule has 0 aliphatic heterocycles. The second-order valence-corrected chi connectivity index (χ2v) is 11.2. The standard InChI is InChI=1S/C24H22BrN3O5S/c1-14-10-19(16-6-7-16)22(27-24(29)17-4-3-9-26-13-17)23(34(2,32)33)18(14)11-15-5-8-20(25)21(12-15)28(30)31/h3-5,8-10,12-13,16H,6-7,11H2,1-2H3,(H,27,29). The van der Waals surface area contributed by atoms with Crippen LogP contribution in [0.2, 0.25) is 0 Å². The molecule has 0 spiro atoms. The minimum absolute atomic E-state index is 0.0530. The SMILES string of the molecule is Cc1cc(C2CC2)c(NC(=O)c2cccnc2)c(S(C)(=O)=O)c1Cc1ccc(Br)c([N+](=O)[O-])c1. The van der Waals surface area contributed by atoms with Crippen LogP contribution >= 0.6 is 15.9 Å². The van der Waals surface area contributed by atoms with E-state index in [1.807, 2.05) is 13.0 Å². The summed E-state index contributed by atoms with van der Waals surface area (Å²) in [5, 5.41) is 14.2. The molecule has 0 saturated heterocycles. The lowest BCUT2D eigenvalue weighted by molar-refractivity contribution is -0.385. The number of aromatic nitrogens is 1. The Hall–Kier alpha value is -3.11. The number of nitro groups is 1. The van der Waals surface area contributed by atoms with Crippen molar-refractivity contribution in [2.75, 3.05) is 11.6 Å². The van der Waals surface area contributed by atoms with Gasteiger partial charge in [0.15, 0.2) is 9.84 Å². The lowest BCUT2D eigenvalue weighted by Gasteiger charge is -2.21. The largest absolute Gasteiger partial charge is 0.320 e. The number of carbonyl (C=O) groups is 1. The molecule has 1 N–H and O–H groups in total. The number of pyridine rings is 1. The quantitative estimate of drug-likeness (QED) is 0.323. The summed E-state index contributed by atoms with van der Waals surface area (Å²) in [5.41, 5.74) is 3.14. The van der Waals surface area contributed by atoms with Crippen LogP contribution in [-0.4, -0.2) is 30.5 Å². The fraction of sp³-hybridized carbons (Fsp3) is 0.250. The number of aryl methyl sites for hydroxylation is 1. The number of hydrogen-bond donors (Lipinski definition) is 1. The first-order valence-corrected chi connectivity index (χ1v) is 13.3. The second-order valence-electron chi connectivity index (χ2n) is 8.43. The van der Waals surface area contributed by atoms with Gasteiger partial charge in [-0.15, -0.1) is 0 Å². The van der Waals surface area contributed by atoms with E-state index in [9.17, 15) is 23.3 Å². The third-order valence-corrected chi connectivity index (χ3v) is 7.64. The molecule has 2 aromatic carbocycles. The molecule has 176 valence electrons. The van der Waals surface area contributed by atoms with Crippen molar-refractivity contribution in [2.45, 2.75) is 37.0 Å². The summed E-state index contributed by atoms with van der Waals surface area (Å²) in [6, 6.07) is 9.88. The normalized spacial score (nSPS) is 13.5. The highest BCUT2D eigenvalue weighted by Gasteiger charge is 2.33. The number of nitro benzene ring substituents is 1. The summed E-state index contributed by atoms with van der Waals surface area (Å²) in [5.74, 6) is -0.278. The number of nitrogens with zero attached hydrogens (tertiary/aromatic N) is 2. The fourth-order valence-corrected chi connectivity index (χ4v) is 5.63. The summed E-state index contributed by atoms with van der Waals surface area (Å²) in [4.78, 5) is 27.9. The maximum atomic E-state index is 13.1. The van der Waals surface area contributed by atoms with Crippen molar-refractivity contribution in [3.8, 4) is 0 Å². The van der Waals surface area contributed by atoms with Gasteiger partial charge in [0.1, 0.15) is 0 Å². The Kier molecular flexibility index (Phi) is 6.55. The van der Waals surface area contributed by atoms with Gasteiger partial charge in [0.05, 0.1) is 25.5 Å². The Morgan fingerprint density at radius 3 is 2.59 bits per heavy atom. The molecule has 1 saturated carbocycles. The first-order valence-electron chi connectivity index (χ1n) is 10.6. The molecule has 1 aliphatic rings. The van der Waals surface area contributed by atoms with Crippen LogP contribution in [0, 0.1) is 17.0 Å². The molecule has 34 heavy (non-hydrogen) atoms. The Morgan fingerprint density at radius 2 is 2.00 bits per heavy atom. The van der Waals surface area contributed by atoms with Gasteiger partial charge in [-0.25, -0.2) is 8.42 Å². The van der Waals surface area contributed by atoms with E-state index in [0.29, 0.717) is 21.2 Å². The molecular weight excluding hydrogens is 522 g/mol. The molecule has 1 amide bonds. The third-order valence-electron chi connectivity index (χ3n) is 5.78. The van der Waals surface area contributed by atoms with Crippen LogP contribution in [-0.2, 0) is 16.3 Å². The number of sulfone groups is 1. The number of halogens is 1. The van der Waals surface area contributed by atoms with E-state index >= 15 is 0 Å². The van der Waals surface area contributed by atoms with Crippen LogP contribution in [0.4, 0.5) is 11.4 Å². The smallest absolute Gasteiger partial charge is 0.283 e. The molecule has 1 fully saturated rings. The van der Waals surface area contributed by atoms with Crippen molar-refractivity contribution < 1.29 is 18.1 Å². The van der Waals surface area contributed by atoms with Gasteiger partial charge in [0.2, 0.25) is 0 Å². The molecule has 0 atom stereocenters. The molecule has 1 aliphatic carbocycles. The fourth-order valence-electron chi connectivity index (χ4n) is 4.02. The molecule has 0 bridgehead atoms. The van der Waals surface area contributed by atoms with E-state index in [4.69, 9.17) is 0 Å². The van der Waals surface area contributed by atoms with E-state index in [0.717, 1.165) is 30.2 Å². The van der Waals surface area contributed by atoms with Crippen LogP contribution in [0.25, 0.3) is 0 Å². The second kappa shape index (κ2) is 9.27. The monoisotopic (exact) mass is 543 g/mol. The molecular formula is C24H22BrN3O5S. The lowest BCUT2D eigenvalue weighted by atomic mass is 9.95. The first kappa shape index (κ1) is 24.0. The number of benzene rings is 2. The Morgan fingerprint density at radius 1 is 1.26 bits per heavy atom. The van der Waals surface area contributed by atoms with Gasteiger partial charge >= 0.3 is 0 Å². The molecule has 1 heterocycles. The highest BCUT2D eigenvalue weighted by atomic mass is 79.9. The highest BCUT2D eigenvalue weighted by molar-refractivity contribution is 9.10. The number of hydrogen-bond acceptors (Lipinski definition) is 6. The first-order chi connectivity index (χ1) is 16.1. The van der Waals surface area contributed by atoms with E-state index in [-0.39, 0.29) is 28.6 Å². The Bertz CT molecular complexity index is 1400. The predicted octanol–water partition coefficient (Wildman–Crippen LogP) is 5.18. The summed E-state index contributed by atoms with van der Waals surface area (Å²) in [7, 11) is -3.77. The Balaban J connectivity index is 1.87. The molecule has 1 aromatic heterocycles. The predicted molar refractivity (Wildman–Crippen MR) is 132 cm³/mol. The summed E-state index contributed by atoms with van der Waals surface area (Å²) < 4.78 is 26.5. The van der Waals surface area contributed by atoms with E-state index in [1.165, 1.54) is 12.3 Å². The van der Waals surface area contributed by atoms with Gasteiger partial charge < -0.3 is 5.32 Å². The summed E-state index contributed by atoms with van der Waals surface area (Å²) in [6.45, 7) is 1.83. The van der Waals surface area contributed by atoms with Gasteiger partial charge in [-0.3, -0.25) is 19.9 Å². The lowest BCUT2D eigenvalue weighted by Crippen LogP contribution is -2.18. The van der Waals surface area contributed by atoms with Gasteiger partial charge in [0.25, 0.3) is 11.6 Å². The molecule has 0 unspecified atom stereocenters. The molecule has 10 heteroatoms. The van der Waals surface area contributed by atoms with Crippen LogP contribution < -0.4 is 5.32 Å². The summed E-state index contributed by atoms with van der Waals surface area (Å²) >= 11 is 3.18. The van der Waals surface area contributed by atoms with Crippen LogP contribution in [0.1, 0.15) is 51.4 Å². The maximum absolute atomic E-state index is 13.1. The van der Waals surface area contributed by atoms with Crippen molar-refractivity contribution in [3.63, 3.8) is 0 Å². The Labute approximate surface area is 205 Å². The van der Waals surface area contributed by atoms with Crippen molar-refractivity contribution in [1.82, 2.24) is 4.98 Å². The van der Waals surface area contributed by atoms with Crippen molar-refractivity contribution >= 4 is 43.0 Å². The van der Waals surface area contributed by atoms with Crippen LogP contribution in [0.3, 0.4) is 0 Å². The highest BCUT2D eigenvalue weighted by Crippen LogP contribution is 2.47. The van der Waals surface area contributed by atoms with E-state index in [2.05, 4.69) is 26.2 Å². The minimum atomic E-state index is -3.77. The average Bonchev–Trinajstić information content (AvgIpc) is 3.61. The number of rotatable bonds is 7. The van der Waals surface area contributed by atoms with E-state index in [1.54, 1.807) is 30.5 Å². The van der Waals surface area contributed by atoms with E-state index < -0.39 is 20.7 Å².